The summed E-state index contributed by atoms with van der Waals surface area (Å²) in [4.78, 5) is 5.16. The summed E-state index contributed by atoms with van der Waals surface area (Å²) in [6.45, 7) is 9.00. The van der Waals surface area contributed by atoms with Crippen LogP contribution in [0.15, 0.2) is 48.5 Å². The number of nitrogens with zero attached hydrogens (tertiary/aromatic N) is 2. The second-order valence-electron chi connectivity index (χ2n) is 8.66. The van der Waals surface area contributed by atoms with Gasteiger partial charge in [-0.2, -0.15) is 0 Å². The Kier molecular flexibility index (Phi) is 5.60. The number of piperidine rings is 2. The number of aryl methyl sites for hydroxylation is 1. The Morgan fingerprint density at radius 1 is 0.704 bits per heavy atom. The van der Waals surface area contributed by atoms with E-state index in [9.17, 15) is 4.39 Å². The van der Waals surface area contributed by atoms with Crippen LogP contribution in [-0.2, 0) is 13.1 Å². The molecule has 1 spiro atoms. The highest BCUT2D eigenvalue weighted by Gasteiger charge is 2.37. The van der Waals surface area contributed by atoms with Gasteiger partial charge in [-0.05, 0) is 87.5 Å². The lowest BCUT2D eigenvalue weighted by molar-refractivity contribution is 0.0300. The largest absolute Gasteiger partial charge is 0.299 e. The third-order valence-electron chi connectivity index (χ3n) is 6.68. The summed E-state index contributed by atoms with van der Waals surface area (Å²) in [5.74, 6) is -0.145. The van der Waals surface area contributed by atoms with Crippen LogP contribution in [0.3, 0.4) is 0 Å². The van der Waals surface area contributed by atoms with E-state index in [1.165, 1.54) is 68.6 Å². The van der Waals surface area contributed by atoms with Gasteiger partial charge in [-0.25, -0.2) is 4.39 Å². The molecule has 0 aromatic heterocycles. The number of hydrogen-bond acceptors (Lipinski definition) is 2. The van der Waals surface area contributed by atoms with Crippen LogP contribution in [0.5, 0.6) is 0 Å². The molecule has 2 nitrogen and oxygen atoms in total. The zero-order valence-electron chi connectivity index (χ0n) is 16.5. The molecule has 2 aliphatic rings. The monoisotopic (exact) mass is 366 g/mol. The van der Waals surface area contributed by atoms with Gasteiger partial charge in [0.15, 0.2) is 0 Å². The first-order valence-electron chi connectivity index (χ1n) is 10.4. The lowest BCUT2D eigenvalue weighted by atomic mass is 9.71. The fraction of sp³-hybridized carbons (Fsp3) is 0.500. The van der Waals surface area contributed by atoms with Crippen molar-refractivity contribution in [2.45, 2.75) is 45.7 Å². The Morgan fingerprint density at radius 3 is 1.56 bits per heavy atom. The Balaban J connectivity index is 1.24. The minimum atomic E-state index is -0.145. The van der Waals surface area contributed by atoms with E-state index in [-0.39, 0.29) is 5.82 Å². The van der Waals surface area contributed by atoms with Crippen LogP contribution < -0.4 is 0 Å². The van der Waals surface area contributed by atoms with Gasteiger partial charge in [0.2, 0.25) is 0 Å². The predicted octanol–water partition coefficient (Wildman–Crippen LogP) is 5.01. The van der Waals surface area contributed by atoms with Crippen LogP contribution in [0.1, 0.15) is 42.4 Å². The highest BCUT2D eigenvalue weighted by atomic mass is 19.1. The minimum Gasteiger partial charge on any atom is -0.299 e. The van der Waals surface area contributed by atoms with Gasteiger partial charge in [-0.3, -0.25) is 9.80 Å². The summed E-state index contributed by atoms with van der Waals surface area (Å²) in [6, 6.07) is 16.0. The van der Waals surface area contributed by atoms with Gasteiger partial charge in [0.05, 0.1) is 0 Å². The predicted molar refractivity (Wildman–Crippen MR) is 109 cm³/mol. The van der Waals surface area contributed by atoms with E-state index in [4.69, 9.17) is 0 Å². The minimum absolute atomic E-state index is 0.145. The van der Waals surface area contributed by atoms with Crippen molar-refractivity contribution in [3.8, 4) is 0 Å². The summed E-state index contributed by atoms with van der Waals surface area (Å²) in [5, 5.41) is 0. The molecule has 4 rings (SSSR count). The summed E-state index contributed by atoms with van der Waals surface area (Å²) >= 11 is 0. The van der Waals surface area contributed by atoms with Gasteiger partial charge in [0.25, 0.3) is 0 Å². The van der Waals surface area contributed by atoms with Crippen LogP contribution in [0.25, 0.3) is 0 Å². The van der Waals surface area contributed by atoms with Crippen molar-refractivity contribution < 1.29 is 4.39 Å². The van der Waals surface area contributed by atoms with Gasteiger partial charge in [0, 0.05) is 13.1 Å². The molecule has 2 heterocycles. The quantitative estimate of drug-likeness (QED) is 0.750. The first-order chi connectivity index (χ1) is 13.1. The van der Waals surface area contributed by atoms with E-state index in [2.05, 4.69) is 41.0 Å². The molecule has 0 bridgehead atoms. The fourth-order valence-corrected chi connectivity index (χ4v) is 4.67. The number of hydrogen-bond donors (Lipinski definition) is 0. The third-order valence-corrected chi connectivity index (χ3v) is 6.68. The van der Waals surface area contributed by atoms with Crippen molar-refractivity contribution in [3.05, 3.63) is 71.0 Å². The van der Waals surface area contributed by atoms with E-state index in [0.29, 0.717) is 5.41 Å². The van der Waals surface area contributed by atoms with Crippen LogP contribution in [0.2, 0.25) is 0 Å². The molecular weight excluding hydrogens is 335 g/mol. The van der Waals surface area contributed by atoms with E-state index >= 15 is 0 Å². The maximum atomic E-state index is 13.1. The molecule has 0 unspecified atom stereocenters. The molecule has 3 heteroatoms. The van der Waals surface area contributed by atoms with Crippen LogP contribution in [0.4, 0.5) is 4.39 Å². The molecule has 0 aliphatic carbocycles. The Hall–Kier alpha value is -1.71. The first-order valence-corrected chi connectivity index (χ1v) is 10.4. The third kappa shape index (κ3) is 4.77. The first kappa shape index (κ1) is 18.6. The standard InChI is InChI=1S/C24H31FN2/c1-20-2-4-21(5-3-20)18-26-14-10-24(11-15-26)12-16-27(17-13-24)19-22-6-8-23(25)9-7-22/h2-9H,10-19H2,1H3. The van der Waals surface area contributed by atoms with Crippen molar-refractivity contribution in [1.29, 1.82) is 0 Å². The van der Waals surface area contributed by atoms with Crippen molar-refractivity contribution in [1.82, 2.24) is 9.80 Å². The normalized spacial score (nSPS) is 20.8. The topological polar surface area (TPSA) is 6.48 Å². The van der Waals surface area contributed by atoms with Crippen molar-refractivity contribution in [2.75, 3.05) is 26.2 Å². The SMILES string of the molecule is Cc1ccc(CN2CCC3(CC2)CCN(Cc2ccc(F)cc2)CC3)cc1. The molecule has 0 N–H and O–H groups in total. The lowest BCUT2D eigenvalue weighted by Crippen LogP contribution is -2.46. The molecular formula is C24H31FN2. The maximum Gasteiger partial charge on any atom is 0.123 e. The lowest BCUT2D eigenvalue weighted by Gasteiger charge is -2.47. The smallest absolute Gasteiger partial charge is 0.123 e. The van der Waals surface area contributed by atoms with Crippen LogP contribution in [0, 0.1) is 18.2 Å². The fourth-order valence-electron chi connectivity index (χ4n) is 4.67. The zero-order valence-corrected chi connectivity index (χ0v) is 16.5. The van der Waals surface area contributed by atoms with Crippen LogP contribution in [-0.4, -0.2) is 36.0 Å². The molecule has 2 saturated heterocycles. The molecule has 0 saturated carbocycles. The van der Waals surface area contributed by atoms with Gasteiger partial charge in [0.1, 0.15) is 5.82 Å². The molecule has 0 radical (unpaired) electrons. The number of halogens is 1. The van der Waals surface area contributed by atoms with E-state index < -0.39 is 0 Å². The zero-order chi connectivity index (χ0) is 18.7. The molecule has 2 aliphatic heterocycles. The second kappa shape index (κ2) is 8.12. The van der Waals surface area contributed by atoms with Crippen LogP contribution >= 0.6 is 0 Å². The van der Waals surface area contributed by atoms with Gasteiger partial charge >= 0.3 is 0 Å². The Bertz CT molecular complexity index is 653. The molecule has 27 heavy (non-hydrogen) atoms. The van der Waals surface area contributed by atoms with E-state index in [0.717, 1.165) is 13.1 Å². The maximum absolute atomic E-state index is 13.1. The highest BCUT2D eigenvalue weighted by Crippen LogP contribution is 2.41. The summed E-state index contributed by atoms with van der Waals surface area (Å²) in [6.07, 6.45) is 5.30. The van der Waals surface area contributed by atoms with E-state index in [1.807, 2.05) is 12.1 Å². The summed E-state index contributed by atoms with van der Waals surface area (Å²) in [7, 11) is 0. The molecule has 2 aromatic rings. The molecule has 2 aromatic carbocycles. The Labute approximate surface area is 163 Å². The molecule has 0 atom stereocenters. The van der Waals surface area contributed by atoms with Crippen molar-refractivity contribution in [2.24, 2.45) is 5.41 Å². The van der Waals surface area contributed by atoms with Crippen molar-refractivity contribution >= 4 is 0 Å². The number of likely N-dealkylation sites (tertiary alicyclic amines) is 2. The van der Waals surface area contributed by atoms with Gasteiger partial charge in [-0.1, -0.05) is 42.0 Å². The highest BCUT2D eigenvalue weighted by molar-refractivity contribution is 5.21. The number of rotatable bonds is 4. The molecule has 144 valence electrons. The number of benzene rings is 2. The second-order valence-corrected chi connectivity index (χ2v) is 8.66. The summed E-state index contributed by atoms with van der Waals surface area (Å²) < 4.78 is 13.1. The van der Waals surface area contributed by atoms with E-state index in [1.54, 1.807) is 12.1 Å². The average Bonchev–Trinajstić information content (AvgIpc) is 2.69. The molecule has 0 amide bonds. The van der Waals surface area contributed by atoms with Crippen molar-refractivity contribution in [3.63, 3.8) is 0 Å². The Morgan fingerprint density at radius 2 is 1.11 bits per heavy atom. The average molecular weight is 367 g/mol. The van der Waals surface area contributed by atoms with Gasteiger partial charge in [-0.15, -0.1) is 0 Å². The van der Waals surface area contributed by atoms with Gasteiger partial charge < -0.3 is 0 Å². The molecule has 2 fully saturated rings. The summed E-state index contributed by atoms with van der Waals surface area (Å²) in [5.41, 5.74) is 4.55.